The van der Waals surface area contributed by atoms with Crippen LogP contribution in [0.5, 0.6) is 0 Å². The molecule has 2 aromatic rings. The first-order valence-electron chi connectivity index (χ1n) is 6.58. The highest BCUT2D eigenvalue weighted by atomic mass is 79.9. The van der Waals surface area contributed by atoms with Crippen molar-refractivity contribution in [2.24, 2.45) is 0 Å². The van der Waals surface area contributed by atoms with Gasteiger partial charge in [0.1, 0.15) is 11.6 Å². The van der Waals surface area contributed by atoms with Crippen molar-refractivity contribution in [3.63, 3.8) is 0 Å². The van der Waals surface area contributed by atoms with Gasteiger partial charge < -0.3 is 9.73 Å². The van der Waals surface area contributed by atoms with Gasteiger partial charge in [-0.3, -0.25) is 0 Å². The average molecular weight is 324 g/mol. The van der Waals surface area contributed by atoms with Crippen molar-refractivity contribution in [3.8, 4) is 11.6 Å². The fraction of sp³-hybridized carbons (Fsp3) is 0.429. The van der Waals surface area contributed by atoms with Gasteiger partial charge in [0.05, 0.1) is 10.2 Å². The Morgan fingerprint density at radius 1 is 1.16 bits per heavy atom. The van der Waals surface area contributed by atoms with Crippen molar-refractivity contribution in [1.29, 1.82) is 0 Å². The predicted molar refractivity (Wildman–Crippen MR) is 80.4 cm³/mol. The maximum absolute atomic E-state index is 5.72. The second-order valence-electron chi connectivity index (χ2n) is 4.16. The molecular weight excluding hydrogens is 306 g/mol. The normalized spacial score (nSPS) is 10.7. The lowest BCUT2D eigenvalue weighted by atomic mass is 10.3. The molecule has 2 rings (SSSR count). The third-order valence-electron chi connectivity index (χ3n) is 2.83. The fourth-order valence-corrected chi connectivity index (χ4v) is 2.41. The summed E-state index contributed by atoms with van der Waals surface area (Å²) in [7, 11) is 0. The quantitative estimate of drug-likeness (QED) is 0.901. The van der Waals surface area contributed by atoms with E-state index >= 15 is 0 Å². The third-order valence-corrected chi connectivity index (χ3v) is 3.66. The number of anilines is 1. The summed E-state index contributed by atoms with van der Waals surface area (Å²) in [6.07, 6.45) is 1.72. The molecule has 0 aliphatic carbocycles. The summed E-state index contributed by atoms with van der Waals surface area (Å²) in [6, 6.07) is 3.90. The van der Waals surface area contributed by atoms with Gasteiger partial charge in [0.15, 0.2) is 11.6 Å². The van der Waals surface area contributed by atoms with Crippen LogP contribution in [0.1, 0.15) is 32.2 Å². The van der Waals surface area contributed by atoms with E-state index in [1.54, 1.807) is 0 Å². The van der Waals surface area contributed by atoms with Crippen LogP contribution in [0.25, 0.3) is 11.6 Å². The SMILES string of the molecule is CCNc1nc(-c2ccc(CC)o2)nc(CC)c1Br. The standard InChI is InChI=1S/C14H18BrN3O/c1-4-9-7-8-11(19-9)13-17-10(5-2)12(15)14(18-13)16-6-3/h7-8H,4-6H2,1-3H3,(H,16,17,18). The van der Waals surface area contributed by atoms with Crippen LogP contribution in [-0.4, -0.2) is 16.5 Å². The first-order chi connectivity index (χ1) is 9.19. The summed E-state index contributed by atoms with van der Waals surface area (Å²) in [6.45, 7) is 7.00. The molecule has 0 spiro atoms. The number of rotatable bonds is 5. The molecule has 0 aliphatic rings. The number of nitrogens with one attached hydrogen (secondary N) is 1. The van der Waals surface area contributed by atoms with Gasteiger partial charge in [0.2, 0.25) is 0 Å². The lowest BCUT2D eigenvalue weighted by Gasteiger charge is -2.10. The summed E-state index contributed by atoms with van der Waals surface area (Å²) < 4.78 is 6.66. The molecule has 2 heterocycles. The Hall–Kier alpha value is -1.36. The van der Waals surface area contributed by atoms with E-state index < -0.39 is 0 Å². The van der Waals surface area contributed by atoms with Gasteiger partial charge in [-0.2, -0.15) is 0 Å². The first kappa shape index (κ1) is 14.1. The largest absolute Gasteiger partial charge is 0.458 e. The molecule has 5 heteroatoms. The van der Waals surface area contributed by atoms with Crippen LogP contribution in [0.4, 0.5) is 5.82 Å². The first-order valence-corrected chi connectivity index (χ1v) is 7.38. The Labute approximate surface area is 121 Å². The lowest BCUT2D eigenvalue weighted by Crippen LogP contribution is -2.05. The Bertz CT molecular complexity index is 566. The Morgan fingerprint density at radius 3 is 2.53 bits per heavy atom. The van der Waals surface area contributed by atoms with Crippen molar-refractivity contribution in [1.82, 2.24) is 9.97 Å². The fourth-order valence-electron chi connectivity index (χ4n) is 1.81. The van der Waals surface area contributed by atoms with E-state index in [-0.39, 0.29) is 0 Å². The van der Waals surface area contributed by atoms with E-state index in [0.717, 1.165) is 46.9 Å². The molecule has 2 aromatic heterocycles. The Morgan fingerprint density at radius 2 is 1.95 bits per heavy atom. The minimum atomic E-state index is 0.635. The molecule has 0 unspecified atom stereocenters. The van der Waals surface area contributed by atoms with Crippen LogP contribution in [0.3, 0.4) is 0 Å². The third kappa shape index (κ3) is 2.97. The van der Waals surface area contributed by atoms with Gasteiger partial charge in [0, 0.05) is 13.0 Å². The number of nitrogens with zero attached hydrogens (tertiary/aromatic N) is 2. The van der Waals surface area contributed by atoms with Gasteiger partial charge in [-0.15, -0.1) is 0 Å². The van der Waals surface area contributed by atoms with Gasteiger partial charge in [0.25, 0.3) is 0 Å². The highest BCUT2D eigenvalue weighted by molar-refractivity contribution is 9.10. The van der Waals surface area contributed by atoms with E-state index in [9.17, 15) is 0 Å². The molecule has 0 saturated heterocycles. The van der Waals surface area contributed by atoms with Gasteiger partial charge in [-0.25, -0.2) is 9.97 Å². The van der Waals surface area contributed by atoms with Crippen LogP contribution < -0.4 is 5.32 Å². The van der Waals surface area contributed by atoms with Crippen molar-refractivity contribution in [2.45, 2.75) is 33.6 Å². The number of aromatic nitrogens is 2. The van der Waals surface area contributed by atoms with Crippen LogP contribution in [0, 0.1) is 0 Å². The molecule has 0 aromatic carbocycles. The molecule has 0 atom stereocenters. The van der Waals surface area contributed by atoms with Gasteiger partial charge >= 0.3 is 0 Å². The zero-order valence-electron chi connectivity index (χ0n) is 11.5. The van der Waals surface area contributed by atoms with Crippen LogP contribution in [0.2, 0.25) is 0 Å². The smallest absolute Gasteiger partial charge is 0.197 e. The second kappa shape index (κ2) is 6.19. The number of hydrogen-bond donors (Lipinski definition) is 1. The highest BCUT2D eigenvalue weighted by Crippen LogP contribution is 2.28. The topological polar surface area (TPSA) is 51.0 Å². The minimum absolute atomic E-state index is 0.635. The van der Waals surface area contributed by atoms with Crippen molar-refractivity contribution in [3.05, 3.63) is 28.1 Å². The number of halogens is 1. The van der Waals surface area contributed by atoms with E-state index in [0.29, 0.717) is 5.82 Å². The maximum Gasteiger partial charge on any atom is 0.197 e. The Balaban J connectivity index is 2.47. The maximum atomic E-state index is 5.72. The van der Waals surface area contributed by atoms with Crippen molar-refractivity contribution >= 4 is 21.7 Å². The number of aryl methyl sites for hydroxylation is 2. The van der Waals surface area contributed by atoms with Crippen LogP contribution in [-0.2, 0) is 12.8 Å². The molecule has 0 saturated carbocycles. The zero-order chi connectivity index (χ0) is 13.8. The lowest BCUT2D eigenvalue weighted by molar-refractivity contribution is 0.525. The van der Waals surface area contributed by atoms with Gasteiger partial charge in [-0.05, 0) is 41.4 Å². The number of furan rings is 1. The van der Waals surface area contributed by atoms with Crippen LogP contribution in [0.15, 0.2) is 21.0 Å². The molecule has 0 amide bonds. The zero-order valence-corrected chi connectivity index (χ0v) is 13.0. The highest BCUT2D eigenvalue weighted by Gasteiger charge is 2.14. The molecule has 1 N–H and O–H groups in total. The predicted octanol–water partition coefficient (Wildman–Crippen LogP) is 4.06. The average Bonchev–Trinajstić information content (AvgIpc) is 2.90. The summed E-state index contributed by atoms with van der Waals surface area (Å²) in [5.41, 5.74) is 0.982. The molecule has 0 aliphatic heterocycles. The van der Waals surface area contributed by atoms with Crippen molar-refractivity contribution in [2.75, 3.05) is 11.9 Å². The molecule has 19 heavy (non-hydrogen) atoms. The summed E-state index contributed by atoms with van der Waals surface area (Å²) in [5, 5.41) is 3.24. The summed E-state index contributed by atoms with van der Waals surface area (Å²) in [5.74, 6) is 3.12. The van der Waals surface area contributed by atoms with Gasteiger partial charge in [-0.1, -0.05) is 13.8 Å². The van der Waals surface area contributed by atoms with E-state index in [1.807, 2.05) is 19.1 Å². The second-order valence-corrected chi connectivity index (χ2v) is 4.95. The molecule has 102 valence electrons. The van der Waals surface area contributed by atoms with Crippen LogP contribution >= 0.6 is 15.9 Å². The molecular formula is C14H18BrN3O. The minimum Gasteiger partial charge on any atom is -0.458 e. The summed E-state index contributed by atoms with van der Waals surface area (Å²) in [4.78, 5) is 9.09. The molecule has 0 radical (unpaired) electrons. The van der Waals surface area contributed by atoms with E-state index in [4.69, 9.17) is 4.42 Å². The van der Waals surface area contributed by atoms with E-state index in [2.05, 4.69) is 45.1 Å². The number of hydrogen-bond acceptors (Lipinski definition) is 4. The monoisotopic (exact) mass is 323 g/mol. The van der Waals surface area contributed by atoms with E-state index in [1.165, 1.54) is 0 Å². The Kier molecular flexibility index (Phi) is 4.58. The summed E-state index contributed by atoms with van der Waals surface area (Å²) >= 11 is 3.55. The molecule has 0 bridgehead atoms. The molecule has 0 fully saturated rings. The molecule has 4 nitrogen and oxygen atoms in total. The van der Waals surface area contributed by atoms with Crippen molar-refractivity contribution < 1.29 is 4.42 Å².